The molecule has 0 radical (unpaired) electrons. The summed E-state index contributed by atoms with van der Waals surface area (Å²) in [5, 5.41) is 10.6. The van der Waals surface area contributed by atoms with Crippen LogP contribution >= 0.6 is 0 Å². The second-order valence-electron chi connectivity index (χ2n) is 6.68. The van der Waals surface area contributed by atoms with E-state index in [2.05, 4.69) is 35.9 Å². The van der Waals surface area contributed by atoms with E-state index in [9.17, 15) is 5.11 Å². The van der Waals surface area contributed by atoms with Crippen molar-refractivity contribution in [1.29, 1.82) is 0 Å². The number of aliphatic hydroxyl groups is 1. The first kappa shape index (κ1) is 16.9. The van der Waals surface area contributed by atoms with Crippen LogP contribution in [-0.4, -0.2) is 40.7 Å². The number of pyridine rings is 1. The molecule has 2 heterocycles. The third kappa shape index (κ3) is 4.34. The van der Waals surface area contributed by atoms with Crippen LogP contribution < -0.4 is 4.74 Å². The summed E-state index contributed by atoms with van der Waals surface area (Å²) in [5.74, 6) is 0.839. The average Bonchev–Trinajstić information content (AvgIpc) is 2.57. The van der Waals surface area contributed by atoms with E-state index < -0.39 is 6.10 Å². The van der Waals surface area contributed by atoms with Gasteiger partial charge in [-0.1, -0.05) is 23.8 Å². The van der Waals surface area contributed by atoms with E-state index in [1.807, 2.05) is 18.2 Å². The lowest BCUT2D eigenvalue weighted by atomic mass is 10.00. The minimum atomic E-state index is -0.429. The van der Waals surface area contributed by atoms with Crippen LogP contribution in [0.25, 0.3) is 0 Å². The monoisotopic (exact) mass is 326 g/mol. The molecule has 128 valence electrons. The maximum absolute atomic E-state index is 10.6. The zero-order chi connectivity index (χ0) is 16.9. The number of benzene rings is 1. The standard InChI is InChI=1S/C20H26N2O2/c1-15-5-6-19(16(2)12-15)20(23)14-22-10-7-17(8-11-22)24-18-4-3-9-21-13-18/h3-6,9,12-13,17,20,23H,7-8,10-11,14H2,1-2H3/t20-/m1/s1. The van der Waals surface area contributed by atoms with Gasteiger partial charge in [0.1, 0.15) is 11.9 Å². The Balaban J connectivity index is 1.50. The van der Waals surface area contributed by atoms with Crippen molar-refractivity contribution in [3.05, 3.63) is 59.4 Å². The first-order valence-electron chi connectivity index (χ1n) is 8.66. The zero-order valence-electron chi connectivity index (χ0n) is 14.5. The van der Waals surface area contributed by atoms with Crippen LogP contribution in [0.3, 0.4) is 0 Å². The highest BCUT2D eigenvalue weighted by Crippen LogP contribution is 2.23. The summed E-state index contributed by atoms with van der Waals surface area (Å²) in [5.41, 5.74) is 3.43. The minimum absolute atomic E-state index is 0.240. The molecule has 0 saturated carbocycles. The summed E-state index contributed by atoms with van der Waals surface area (Å²) in [6.45, 7) is 6.74. The van der Waals surface area contributed by atoms with Crippen molar-refractivity contribution in [2.45, 2.75) is 38.9 Å². The van der Waals surface area contributed by atoms with Gasteiger partial charge in [-0.25, -0.2) is 0 Å². The van der Waals surface area contributed by atoms with Gasteiger partial charge in [0.05, 0.1) is 12.3 Å². The number of hydrogen-bond donors (Lipinski definition) is 1. The van der Waals surface area contributed by atoms with Gasteiger partial charge >= 0.3 is 0 Å². The van der Waals surface area contributed by atoms with E-state index in [0.29, 0.717) is 6.54 Å². The van der Waals surface area contributed by atoms with Crippen molar-refractivity contribution < 1.29 is 9.84 Å². The van der Waals surface area contributed by atoms with Crippen LogP contribution in [0.5, 0.6) is 5.75 Å². The SMILES string of the molecule is Cc1ccc([C@H](O)CN2CCC(Oc3cccnc3)CC2)c(C)c1. The first-order chi connectivity index (χ1) is 11.6. The van der Waals surface area contributed by atoms with Gasteiger partial charge in [0.15, 0.2) is 0 Å². The Hall–Kier alpha value is -1.91. The second kappa shape index (κ2) is 7.77. The Morgan fingerprint density at radius 2 is 2.04 bits per heavy atom. The smallest absolute Gasteiger partial charge is 0.137 e. The molecule has 0 bridgehead atoms. The van der Waals surface area contributed by atoms with Crippen LogP contribution in [0.4, 0.5) is 0 Å². The molecule has 1 aliphatic rings. The maximum atomic E-state index is 10.6. The number of hydrogen-bond acceptors (Lipinski definition) is 4. The number of ether oxygens (including phenoxy) is 1. The minimum Gasteiger partial charge on any atom is -0.489 e. The lowest BCUT2D eigenvalue weighted by molar-refractivity contribution is 0.0606. The number of likely N-dealkylation sites (tertiary alicyclic amines) is 1. The van der Waals surface area contributed by atoms with Crippen LogP contribution in [0.15, 0.2) is 42.7 Å². The van der Waals surface area contributed by atoms with Crippen molar-refractivity contribution in [3.8, 4) is 5.75 Å². The molecule has 1 aromatic heterocycles. The predicted molar refractivity (Wildman–Crippen MR) is 95.2 cm³/mol. The van der Waals surface area contributed by atoms with Gasteiger partial charge < -0.3 is 14.7 Å². The summed E-state index contributed by atoms with van der Waals surface area (Å²) in [6, 6.07) is 10.1. The van der Waals surface area contributed by atoms with E-state index in [0.717, 1.165) is 42.8 Å². The average molecular weight is 326 g/mol. The Labute approximate surface area is 144 Å². The molecule has 4 nitrogen and oxygen atoms in total. The Morgan fingerprint density at radius 3 is 2.71 bits per heavy atom. The number of aromatic nitrogens is 1. The molecule has 0 amide bonds. The molecule has 1 N–H and O–H groups in total. The Morgan fingerprint density at radius 1 is 1.25 bits per heavy atom. The fourth-order valence-corrected chi connectivity index (χ4v) is 3.36. The van der Waals surface area contributed by atoms with Crippen LogP contribution in [0.1, 0.15) is 35.6 Å². The molecule has 2 aromatic rings. The van der Waals surface area contributed by atoms with Crippen LogP contribution in [0.2, 0.25) is 0 Å². The lowest BCUT2D eigenvalue weighted by Crippen LogP contribution is -2.40. The zero-order valence-corrected chi connectivity index (χ0v) is 14.5. The topological polar surface area (TPSA) is 45.6 Å². The van der Waals surface area contributed by atoms with Crippen molar-refractivity contribution in [3.63, 3.8) is 0 Å². The molecule has 0 aliphatic carbocycles. The van der Waals surface area contributed by atoms with E-state index >= 15 is 0 Å². The number of piperidine rings is 1. The van der Waals surface area contributed by atoms with E-state index in [1.54, 1.807) is 12.4 Å². The summed E-state index contributed by atoms with van der Waals surface area (Å²) in [6.07, 6.45) is 5.29. The van der Waals surface area contributed by atoms with E-state index in [4.69, 9.17) is 4.74 Å². The van der Waals surface area contributed by atoms with Crippen LogP contribution in [0, 0.1) is 13.8 Å². The van der Waals surface area contributed by atoms with Crippen molar-refractivity contribution in [1.82, 2.24) is 9.88 Å². The normalized spacial score (nSPS) is 17.6. The number of aryl methyl sites for hydroxylation is 2. The van der Waals surface area contributed by atoms with Gasteiger partial charge in [-0.15, -0.1) is 0 Å². The molecular weight excluding hydrogens is 300 g/mol. The summed E-state index contributed by atoms with van der Waals surface area (Å²) in [4.78, 5) is 6.41. The van der Waals surface area contributed by atoms with Crippen LogP contribution in [-0.2, 0) is 0 Å². The van der Waals surface area contributed by atoms with Gasteiger partial charge in [-0.05, 0) is 49.9 Å². The van der Waals surface area contributed by atoms with Gasteiger partial charge in [-0.3, -0.25) is 4.98 Å². The molecule has 1 saturated heterocycles. The van der Waals surface area contributed by atoms with Crippen molar-refractivity contribution >= 4 is 0 Å². The summed E-state index contributed by atoms with van der Waals surface area (Å²) in [7, 11) is 0. The largest absolute Gasteiger partial charge is 0.489 e. The predicted octanol–water partition coefficient (Wildman–Crippen LogP) is 3.28. The molecule has 3 rings (SSSR count). The maximum Gasteiger partial charge on any atom is 0.137 e. The highest BCUT2D eigenvalue weighted by molar-refractivity contribution is 5.32. The number of nitrogens with zero attached hydrogens (tertiary/aromatic N) is 2. The molecule has 4 heteroatoms. The van der Waals surface area contributed by atoms with Gasteiger partial charge in [-0.2, -0.15) is 0 Å². The highest BCUT2D eigenvalue weighted by Gasteiger charge is 2.23. The quantitative estimate of drug-likeness (QED) is 0.916. The Bertz CT molecular complexity index is 652. The van der Waals surface area contributed by atoms with E-state index in [-0.39, 0.29) is 6.10 Å². The second-order valence-corrected chi connectivity index (χ2v) is 6.68. The molecule has 1 atom stereocenters. The summed E-state index contributed by atoms with van der Waals surface area (Å²) >= 11 is 0. The van der Waals surface area contributed by atoms with Gasteiger partial charge in [0.2, 0.25) is 0 Å². The Kier molecular flexibility index (Phi) is 5.48. The number of aliphatic hydroxyl groups excluding tert-OH is 1. The molecule has 24 heavy (non-hydrogen) atoms. The first-order valence-corrected chi connectivity index (χ1v) is 8.66. The fourth-order valence-electron chi connectivity index (χ4n) is 3.36. The molecular formula is C20H26N2O2. The lowest BCUT2D eigenvalue weighted by Gasteiger charge is -2.33. The summed E-state index contributed by atoms with van der Waals surface area (Å²) < 4.78 is 5.97. The molecule has 0 unspecified atom stereocenters. The van der Waals surface area contributed by atoms with Crippen molar-refractivity contribution in [2.75, 3.05) is 19.6 Å². The van der Waals surface area contributed by atoms with E-state index in [1.165, 1.54) is 5.56 Å². The molecule has 1 aromatic carbocycles. The molecule has 0 spiro atoms. The molecule has 1 aliphatic heterocycles. The van der Waals surface area contributed by atoms with Gasteiger partial charge in [0.25, 0.3) is 0 Å². The highest BCUT2D eigenvalue weighted by atomic mass is 16.5. The third-order valence-corrected chi connectivity index (χ3v) is 4.69. The van der Waals surface area contributed by atoms with Crippen molar-refractivity contribution in [2.24, 2.45) is 0 Å². The third-order valence-electron chi connectivity index (χ3n) is 4.69. The molecule has 1 fully saturated rings. The van der Waals surface area contributed by atoms with Gasteiger partial charge in [0, 0.05) is 25.8 Å². The number of rotatable bonds is 5. The number of β-amino-alcohol motifs (C(OH)–C–C–N with tert-alkyl or cyclic N) is 1. The fraction of sp³-hybridized carbons (Fsp3) is 0.450.